The summed E-state index contributed by atoms with van der Waals surface area (Å²) in [5.41, 5.74) is 4.56. The summed E-state index contributed by atoms with van der Waals surface area (Å²) in [7, 11) is 1.99. The van der Waals surface area contributed by atoms with Gasteiger partial charge < -0.3 is 5.32 Å². The average molecular weight is 330 g/mol. The minimum atomic E-state index is 0.0397. The SMILES string of the molecule is Cc1ccsc1CN(C)CC(=O)Nc1c(C)cccc1C(C)C. The zero-order chi connectivity index (χ0) is 17.0. The van der Waals surface area contributed by atoms with Crippen molar-refractivity contribution >= 4 is 22.9 Å². The van der Waals surface area contributed by atoms with Crippen molar-refractivity contribution in [2.24, 2.45) is 0 Å². The lowest BCUT2D eigenvalue weighted by molar-refractivity contribution is -0.117. The topological polar surface area (TPSA) is 32.3 Å². The molecule has 0 atom stereocenters. The molecule has 1 aromatic carbocycles. The third-order valence-electron chi connectivity index (χ3n) is 3.99. The van der Waals surface area contributed by atoms with Crippen molar-refractivity contribution < 1.29 is 4.79 Å². The Labute approximate surface area is 143 Å². The van der Waals surface area contributed by atoms with Crippen LogP contribution < -0.4 is 5.32 Å². The van der Waals surface area contributed by atoms with Crippen LogP contribution >= 0.6 is 11.3 Å². The Morgan fingerprint density at radius 3 is 2.57 bits per heavy atom. The van der Waals surface area contributed by atoms with Crippen LogP contribution in [0.4, 0.5) is 5.69 Å². The summed E-state index contributed by atoms with van der Waals surface area (Å²) in [6, 6.07) is 8.30. The van der Waals surface area contributed by atoms with E-state index in [0.29, 0.717) is 12.5 Å². The number of benzene rings is 1. The molecule has 2 aromatic rings. The van der Waals surface area contributed by atoms with E-state index in [1.807, 2.05) is 26.1 Å². The normalized spacial score (nSPS) is 11.3. The molecule has 0 aliphatic heterocycles. The van der Waals surface area contributed by atoms with Crippen LogP contribution in [0.1, 0.15) is 41.3 Å². The van der Waals surface area contributed by atoms with Gasteiger partial charge in [-0.15, -0.1) is 11.3 Å². The molecular weight excluding hydrogens is 304 g/mol. The van der Waals surface area contributed by atoms with Crippen LogP contribution in [-0.2, 0) is 11.3 Å². The number of hydrogen-bond acceptors (Lipinski definition) is 3. The summed E-state index contributed by atoms with van der Waals surface area (Å²) in [4.78, 5) is 15.8. The standard InChI is InChI=1S/C19H26N2OS/c1-13(2)16-8-6-7-15(4)19(16)20-18(22)12-21(5)11-17-14(3)9-10-23-17/h6-10,13H,11-12H2,1-5H3,(H,20,22). The number of anilines is 1. The quantitative estimate of drug-likeness (QED) is 0.842. The number of rotatable bonds is 6. The zero-order valence-corrected chi connectivity index (χ0v) is 15.5. The molecule has 1 aromatic heterocycles. The minimum absolute atomic E-state index is 0.0397. The second-order valence-electron chi connectivity index (χ2n) is 6.44. The summed E-state index contributed by atoms with van der Waals surface area (Å²) >= 11 is 1.74. The lowest BCUT2D eigenvalue weighted by atomic mass is 9.98. The molecule has 2 rings (SSSR count). The Morgan fingerprint density at radius 1 is 1.22 bits per heavy atom. The van der Waals surface area contributed by atoms with Crippen molar-refractivity contribution in [1.82, 2.24) is 4.90 Å². The monoisotopic (exact) mass is 330 g/mol. The Bertz CT molecular complexity index is 676. The largest absolute Gasteiger partial charge is 0.324 e. The summed E-state index contributed by atoms with van der Waals surface area (Å²) in [5, 5.41) is 5.21. The molecule has 0 bridgehead atoms. The first-order valence-electron chi connectivity index (χ1n) is 7.99. The van der Waals surface area contributed by atoms with Gasteiger partial charge in [0.15, 0.2) is 0 Å². The number of para-hydroxylation sites is 1. The number of nitrogens with one attached hydrogen (secondary N) is 1. The minimum Gasteiger partial charge on any atom is -0.324 e. The van der Waals surface area contributed by atoms with Gasteiger partial charge in [-0.3, -0.25) is 9.69 Å². The Balaban J connectivity index is 2.01. The van der Waals surface area contributed by atoms with Gasteiger partial charge in [0.05, 0.1) is 6.54 Å². The molecule has 23 heavy (non-hydrogen) atoms. The lowest BCUT2D eigenvalue weighted by Gasteiger charge is -2.19. The molecule has 1 N–H and O–H groups in total. The van der Waals surface area contributed by atoms with E-state index >= 15 is 0 Å². The third-order valence-corrected chi connectivity index (χ3v) is 4.99. The maximum Gasteiger partial charge on any atom is 0.238 e. The van der Waals surface area contributed by atoms with Gasteiger partial charge in [-0.2, -0.15) is 0 Å². The van der Waals surface area contributed by atoms with Crippen LogP contribution in [0.5, 0.6) is 0 Å². The van der Waals surface area contributed by atoms with Crippen LogP contribution in [-0.4, -0.2) is 24.4 Å². The number of amides is 1. The molecule has 1 heterocycles. The molecule has 0 radical (unpaired) electrons. The van der Waals surface area contributed by atoms with Gasteiger partial charge in [-0.05, 0) is 54.9 Å². The molecule has 124 valence electrons. The van der Waals surface area contributed by atoms with Gasteiger partial charge in [0.2, 0.25) is 5.91 Å². The first-order valence-corrected chi connectivity index (χ1v) is 8.87. The molecule has 0 fully saturated rings. The van der Waals surface area contributed by atoms with E-state index in [1.165, 1.54) is 16.0 Å². The molecule has 0 saturated heterocycles. The highest BCUT2D eigenvalue weighted by Crippen LogP contribution is 2.27. The summed E-state index contributed by atoms with van der Waals surface area (Å²) < 4.78 is 0. The number of nitrogens with zero attached hydrogens (tertiary/aromatic N) is 1. The molecule has 0 spiro atoms. The van der Waals surface area contributed by atoms with Gasteiger partial charge in [-0.25, -0.2) is 0 Å². The predicted molar refractivity (Wildman–Crippen MR) is 99.3 cm³/mol. The summed E-state index contributed by atoms with van der Waals surface area (Å²) in [6.07, 6.45) is 0. The molecule has 3 nitrogen and oxygen atoms in total. The van der Waals surface area contributed by atoms with Gasteiger partial charge in [0.1, 0.15) is 0 Å². The van der Waals surface area contributed by atoms with Crippen molar-refractivity contribution in [1.29, 1.82) is 0 Å². The molecule has 0 aliphatic carbocycles. The van der Waals surface area contributed by atoms with E-state index in [1.54, 1.807) is 11.3 Å². The summed E-state index contributed by atoms with van der Waals surface area (Å²) in [5.74, 6) is 0.426. The van der Waals surface area contributed by atoms with Crippen LogP contribution in [0.25, 0.3) is 0 Å². The number of aryl methyl sites for hydroxylation is 2. The Kier molecular flexibility index (Phi) is 5.97. The van der Waals surface area contributed by atoms with Crippen molar-refractivity contribution in [3.63, 3.8) is 0 Å². The maximum atomic E-state index is 12.4. The van der Waals surface area contributed by atoms with Gasteiger partial charge in [-0.1, -0.05) is 32.0 Å². The number of thiophene rings is 1. The maximum absolute atomic E-state index is 12.4. The molecule has 4 heteroatoms. The fraction of sp³-hybridized carbons (Fsp3) is 0.421. The number of likely N-dealkylation sites (N-methyl/N-ethyl adjacent to an activating group) is 1. The van der Waals surface area contributed by atoms with Crippen LogP contribution in [0.3, 0.4) is 0 Å². The fourth-order valence-electron chi connectivity index (χ4n) is 2.63. The van der Waals surface area contributed by atoms with Gasteiger partial charge >= 0.3 is 0 Å². The van der Waals surface area contributed by atoms with Crippen molar-refractivity contribution in [3.8, 4) is 0 Å². The molecule has 0 aliphatic rings. The second kappa shape index (κ2) is 7.75. The fourth-order valence-corrected chi connectivity index (χ4v) is 3.62. The van der Waals surface area contributed by atoms with Crippen LogP contribution in [0.2, 0.25) is 0 Å². The molecule has 1 amide bonds. The predicted octanol–water partition coefficient (Wildman–Crippen LogP) is 4.56. The summed E-state index contributed by atoms with van der Waals surface area (Å²) in [6.45, 7) is 9.65. The van der Waals surface area contributed by atoms with E-state index in [9.17, 15) is 4.79 Å². The first-order chi connectivity index (χ1) is 10.9. The van der Waals surface area contributed by atoms with Crippen molar-refractivity contribution in [2.75, 3.05) is 18.9 Å². The molecule has 0 saturated carbocycles. The van der Waals surface area contributed by atoms with Crippen molar-refractivity contribution in [3.05, 3.63) is 51.2 Å². The van der Waals surface area contributed by atoms with E-state index < -0.39 is 0 Å². The Morgan fingerprint density at radius 2 is 1.96 bits per heavy atom. The van der Waals surface area contributed by atoms with Gasteiger partial charge in [0, 0.05) is 17.1 Å². The number of hydrogen-bond donors (Lipinski definition) is 1. The van der Waals surface area contributed by atoms with E-state index in [-0.39, 0.29) is 5.91 Å². The first kappa shape index (κ1) is 17.7. The number of carbonyl (C=O) groups is 1. The lowest BCUT2D eigenvalue weighted by Crippen LogP contribution is -2.30. The van der Waals surface area contributed by atoms with Gasteiger partial charge in [0.25, 0.3) is 0 Å². The van der Waals surface area contributed by atoms with Crippen LogP contribution in [0.15, 0.2) is 29.6 Å². The highest BCUT2D eigenvalue weighted by Gasteiger charge is 2.14. The highest BCUT2D eigenvalue weighted by molar-refractivity contribution is 7.10. The molecule has 0 unspecified atom stereocenters. The van der Waals surface area contributed by atoms with Crippen molar-refractivity contribution in [2.45, 2.75) is 40.2 Å². The molecular formula is C19H26N2OS. The Hall–Kier alpha value is -1.65. The van der Waals surface area contributed by atoms with E-state index in [2.05, 4.69) is 48.5 Å². The van der Waals surface area contributed by atoms with E-state index in [0.717, 1.165) is 17.8 Å². The average Bonchev–Trinajstić information content (AvgIpc) is 2.86. The van der Waals surface area contributed by atoms with Crippen LogP contribution in [0, 0.1) is 13.8 Å². The third kappa shape index (κ3) is 4.66. The number of carbonyl (C=O) groups excluding carboxylic acids is 1. The van der Waals surface area contributed by atoms with E-state index in [4.69, 9.17) is 0 Å². The highest BCUT2D eigenvalue weighted by atomic mass is 32.1. The zero-order valence-electron chi connectivity index (χ0n) is 14.6. The smallest absolute Gasteiger partial charge is 0.238 e. The second-order valence-corrected chi connectivity index (χ2v) is 7.44.